The van der Waals surface area contributed by atoms with E-state index in [0.29, 0.717) is 4.90 Å². The molecule has 1 heterocycles. The Morgan fingerprint density at radius 1 is 1.25 bits per heavy atom. The zero-order valence-corrected chi connectivity index (χ0v) is 9.19. The molecule has 0 aromatic carbocycles. The lowest BCUT2D eigenvalue weighted by molar-refractivity contribution is -0.165. The molecular formula is C10H13NO5. The molecule has 0 aromatic rings. The van der Waals surface area contributed by atoms with E-state index in [9.17, 15) is 19.2 Å². The maximum Gasteiger partial charge on any atom is 0.397 e. The largest absolute Gasteiger partial charge is 0.458 e. The molecule has 0 aromatic heterocycles. The van der Waals surface area contributed by atoms with Gasteiger partial charge in [-0.25, -0.2) is 9.69 Å². The van der Waals surface area contributed by atoms with Crippen molar-refractivity contribution in [1.29, 1.82) is 0 Å². The summed E-state index contributed by atoms with van der Waals surface area (Å²) in [4.78, 5) is 45.3. The number of ether oxygens (including phenoxy) is 1. The molecule has 0 bridgehead atoms. The van der Waals surface area contributed by atoms with E-state index in [1.807, 2.05) is 13.8 Å². The van der Waals surface area contributed by atoms with E-state index in [-0.39, 0.29) is 25.4 Å². The monoisotopic (exact) mass is 227 g/mol. The summed E-state index contributed by atoms with van der Waals surface area (Å²) in [6.07, 6.45) is -0.0515. The van der Waals surface area contributed by atoms with E-state index in [4.69, 9.17) is 0 Å². The molecule has 0 unspecified atom stereocenters. The Kier molecular flexibility index (Phi) is 3.76. The van der Waals surface area contributed by atoms with Gasteiger partial charge in [0.25, 0.3) is 0 Å². The van der Waals surface area contributed by atoms with E-state index in [2.05, 4.69) is 4.74 Å². The summed E-state index contributed by atoms with van der Waals surface area (Å²) in [5.41, 5.74) is 0. The molecule has 6 heteroatoms. The van der Waals surface area contributed by atoms with Gasteiger partial charge < -0.3 is 4.74 Å². The van der Waals surface area contributed by atoms with Crippen LogP contribution in [-0.4, -0.2) is 35.2 Å². The number of imide groups is 3. The van der Waals surface area contributed by atoms with Crippen molar-refractivity contribution in [2.24, 2.45) is 5.92 Å². The third-order valence-electron chi connectivity index (χ3n) is 1.98. The first kappa shape index (κ1) is 12.4. The summed E-state index contributed by atoms with van der Waals surface area (Å²) in [5, 5.41) is 0. The van der Waals surface area contributed by atoms with Crippen molar-refractivity contribution in [3.05, 3.63) is 0 Å². The van der Waals surface area contributed by atoms with Crippen molar-refractivity contribution in [2.45, 2.75) is 26.7 Å². The fourth-order valence-corrected chi connectivity index (χ4v) is 1.20. The van der Waals surface area contributed by atoms with Gasteiger partial charge in [-0.1, -0.05) is 13.8 Å². The van der Waals surface area contributed by atoms with Crippen LogP contribution in [0.1, 0.15) is 26.7 Å². The number of hydrogen-bond acceptors (Lipinski definition) is 5. The summed E-state index contributed by atoms with van der Waals surface area (Å²) >= 11 is 0. The van der Waals surface area contributed by atoms with Gasteiger partial charge in [-0.2, -0.15) is 0 Å². The van der Waals surface area contributed by atoms with Crippen molar-refractivity contribution in [3.8, 4) is 0 Å². The molecule has 0 N–H and O–H groups in total. The molecule has 0 aliphatic carbocycles. The lowest BCUT2D eigenvalue weighted by Crippen LogP contribution is -2.41. The van der Waals surface area contributed by atoms with E-state index in [0.717, 1.165) is 0 Å². The van der Waals surface area contributed by atoms with Crippen LogP contribution in [0.4, 0.5) is 0 Å². The highest BCUT2D eigenvalue weighted by molar-refractivity contribution is 6.40. The number of esters is 1. The van der Waals surface area contributed by atoms with Crippen molar-refractivity contribution in [1.82, 2.24) is 4.90 Å². The molecule has 0 radical (unpaired) electrons. The number of carbonyl (C=O) groups is 4. The van der Waals surface area contributed by atoms with Crippen LogP contribution in [-0.2, 0) is 23.9 Å². The van der Waals surface area contributed by atoms with Crippen LogP contribution in [0, 0.1) is 5.92 Å². The summed E-state index contributed by atoms with van der Waals surface area (Å²) in [7, 11) is 0. The number of rotatable bonds is 2. The molecular weight excluding hydrogens is 214 g/mol. The minimum absolute atomic E-state index is 0.0258. The smallest absolute Gasteiger partial charge is 0.397 e. The maximum atomic E-state index is 11.4. The minimum atomic E-state index is -1.19. The fourth-order valence-electron chi connectivity index (χ4n) is 1.20. The van der Waals surface area contributed by atoms with Gasteiger partial charge in [0.2, 0.25) is 11.8 Å². The van der Waals surface area contributed by atoms with Crippen molar-refractivity contribution in [2.75, 3.05) is 6.61 Å². The number of hydrogen-bond donors (Lipinski definition) is 0. The van der Waals surface area contributed by atoms with Gasteiger partial charge in [0.15, 0.2) is 0 Å². The quantitative estimate of drug-likeness (QED) is 0.372. The third-order valence-corrected chi connectivity index (χ3v) is 1.98. The highest BCUT2D eigenvalue weighted by Crippen LogP contribution is 2.12. The van der Waals surface area contributed by atoms with Crippen molar-refractivity contribution >= 4 is 23.7 Å². The van der Waals surface area contributed by atoms with Gasteiger partial charge >= 0.3 is 11.9 Å². The Labute approximate surface area is 92.5 Å². The number of carbonyl (C=O) groups excluding carboxylic acids is 4. The van der Waals surface area contributed by atoms with Crippen molar-refractivity contribution < 1.29 is 23.9 Å². The van der Waals surface area contributed by atoms with Gasteiger partial charge in [-0.05, 0) is 5.92 Å². The SMILES string of the molecule is CC(C)COC(=O)C(=O)N1C(=O)CCC1=O. The van der Waals surface area contributed by atoms with Gasteiger partial charge in [-0.3, -0.25) is 14.4 Å². The van der Waals surface area contributed by atoms with Crippen LogP contribution < -0.4 is 0 Å². The zero-order chi connectivity index (χ0) is 12.3. The highest BCUT2D eigenvalue weighted by Gasteiger charge is 2.38. The molecule has 0 atom stereocenters. The first-order valence-electron chi connectivity index (χ1n) is 5.00. The van der Waals surface area contributed by atoms with Gasteiger partial charge in [0.1, 0.15) is 0 Å². The maximum absolute atomic E-state index is 11.4. The number of likely N-dealkylation sites (tertiary alicyclic amines) is 1. The fraction of sp³-hybridized carbons (Fsp3) is 0.600. The topological polar surface area (TPSA) is 80.8 Å². The van der Waals surface area contributed by atoms with E-state index in [1.165, 1.54) is 0 Å². The summed E-state index contributed by atoms with van der Waals surface area (Å²) in [6.45, 7) is 3.70. The van der Waals surface area contributed by atoms with E-state index in [1.54, 1.807) is 0 Å². The van der Waals surface area contributed by atoms with Crippen LogP contribution in [0.5, 0.6) is 0 Å². The predicted octanol–water partition coefficient (Wildman–Crippen LogP) is -0.139. The Hall–Kier alpha value is -1.72. The van der Waals surface area contributed by atoms with Crippen LogP contribution in [0.15, 0.2) is 0 Å². The summed E-state index contributed by atoms with van der Waals surface area (Å²) in [6, 6.07) is 0. The van der Waals surface area contributed by atoms with Crippen LogP contribution in [0.3, 0.4) is 0 Å². The molecule has 1 fully saturated rings. The van der Waals surface area contributed by atoms with Gasteiger partial charge in [0, 0.05) is 12.8 Å². The average molecular weight is 227 g/mol. The second kappa shape index (κ2) is 4.87. The molecule has 16 heavy (non-hydrogen) atoms. The first-order chi connectivity index (χ1) is 7.43. The van der Waals surface area contributed by atoms with Crippen LogP contribution in [0.25, 0.3) is 0 Å². The van der Waals surface area contributed by atoms with Crippen molar-refractivity contribution in [3.63, 3.8) is 0 Å². The molecule has 1 saturated heterocycles. The van der Waals surface area contributed by atoms with E-state index >= 15 is 0 Å². The van der Waals surface area contributed by atoms with Gasteiger partial charge in [0.05, 0.1) is 6.61 Å². The molecule has 0 spiro atoms. The normalized spacial score (nSPS) is 15.8. The standard InChI is InChI=1S/C10H13NO5/c1-6(2)5-16-10(15)9(14)11-7(12)3-4-8(11)13/h6H,3-5H2,1-2H3. The molecule has 6 nitrogen and oxygen atoms in total. The van der Waals surface area contributed by atoms with Crippen LogP contribution >= 0.6 is 0 Å². The summed E-state index contributed by atoms with van der Waals surface area (Å²) in [5.74, 6) is -3.54. The zero-order valence-electron chi connectivity index (χ0n) is 9.19. The van der Waals surface area contributed by atoms with Crippen LogP contribution in [0.2, 0.25) is 0 Å². The number of amides is 3. The average Bonchev–Trinajstić information content (AvgIpc) is 2.54. The Morgan fingerprint density at radius 3 is 2.19 bits per heavy atom. The third kappa shape index (κ3) is 2.65. The second-order valence-electron chi connectivity index (χ2n) is 3.92. The lowest BCUT2D eigenvalue weighted by Gasteiger charge is -2.11. The van der Waals surface area contributed by atoms with E-state index < -0.39 is 23.7 Å². The number of nitrogens with zero attached hydrogens (tertiary/aromatic N) is 1. The van der Waals surface area contributed by atoms with Gasteiger partial charge in [-0.15, -0.1) is 0 Å². The Balaban J connectivity index is 2.60. The summed E-state index contributed by atoms with van der Waals surface area (Å²) < 4.78 is 4.64. The molecule has 0 saturated carbocycles. The highest BCUT2D eigenvalue weighted by atomic mass is 16.5. The molecule has 1 aliphatic rings. The molecule has 1 aliphatic heterocycles. The minimum Gasteiger partial charge on any atom is -0.458 e. The Morgan fingerprint density at radius 2 is 1.75 bits per heavy atom. The second-order valence-corrected chi connectivity index (χ2v) is 3.92. The molecule has 3 amide bonds. The lowest BCUT2D eigenvalue weighted by atomic mass is 10.2. The molecule has 88 valence electrons. The molecule has 1 rings (SSSR count). The predicted molar refractivity (Wildman–Crippen MR) is 51.9 cm³/mol. The first-order valence-corrected chi connectivity index (χ1v) is 5.00. The Bertz CT molecular complexity index is 331.